The highest BCUT2D eigenvalue weighted by atomic mass is 35.5. The molecule has 2 aromatic heterocycles. The number of fused-ring (bicyclic) bond motifs is 1. The van der Waals surface area contributed by atoms with Crippen molar-refractivity contribution in [2.45, 2.75) is 19.4 Å². The van der Waals surface area contributed by atoms with Crippen LogP contribution in [0.1, 0.15) is 28.3 Å². The fraction of sp³-hybridized carbons (Fsp3) is 0.364. The number of furan rings is 1. The van der Waals surface area contributed by atoms with E-state index in [1.807, 2.05) is 23.1 Å². The molecular weight excluding hydrogens is 424 g/mol. The van der Waals surface area contributed by atoms with Crippen molar-refractivity contribution in [3.63, 3.8) is 0 Å². The molecule has 0 unspecified atom stereocenters. The molecule has 0 bridgehead atoms. The minimum absolute atomic E-state index is 0.141. The lowest BCUT2D eigenvalue weighted by molar-refractivity contribution is -0.130. The fourth-order valence-corrected chi connectivity index (χ4v) is 4.85. The second-order valence-electron chi connectivity index (χ2n) is 7.35. The molecule has 0 spiro atoms. The molecule has 158 valence electrons. The summed E-state index contributed by atoms with van der Waals surface area (Å²) in [5.74, 6) is 0.595. The number of halogens is 1. The summed E-state index contributed by atoms with van der Waals surface area (Å²) in [5.41, 5.74) is 1.04. The number of carbonyl (C=O) groups excluding carboxylic acids is 2. The van der Waals surface area contributed by atoms with E-state index < -0.39 is 5.97 Å². The molecule has 1 saturated heterocycles. The Balaban J connectivity index is 1.35. The Hall–Kier alpha value is -2.35. The number of esters is 1. The molecule has 3 aromatic rings. The second-order valence-corrected chi connectivity index (χ2v) is 8.69. The molecule has 1 aliphatic heterocycles. The average Bonchev–Trinajstić information content (AvgIpc) is 3.29. The van der Waals surface area contributed by atoms with Gasteiger partial charge in [-0.1, -0.05) is 11.6 Å². The molecule has 3 heterocycles. The van der Waals surface area contributed by atoms with Crippen LogP contribution in [0.15, 0.2) is 40.1 Å². The summed E-state index contributed by atoms with van der Waals surface area (Å²) in [6.45, 7) is 3.65. The molecule has 0 aliphatic carbocycles. The number of hydrogen-bond donors (Lipinski definition) is 0. The number of nitrogens with zero attached hydrogens (tertiary/aromatic N) is 2. The third-order valence-corrected chi connectivity index (χ3v) is 6.57. The predicted molar refractivity (Wildman–Crippen MR) is 117 cm³/mol. The molecule has 4 rings (SSSR count). The van der Waals surface area contributed by atoms with Crippen LogP contribution in [0.4, 0.5) is 0 Å². The third-order valence-electron chi connectivity index (χ3n) is 5.33. The zero-order valence-corrected chi connectivity index (χ0v) is 18.3. The molecule has 0 atom stereocenters. The Morgan fingerprint density at radius 1 is 1.17 bits per heavy atom. The summed E-state index contributed by atoms with van der Waals surface area (Å²) in [6.07, 6.45) is 1.29. The van der Waals surface area contributed by atoms with Gasteiger partial charge in [-0.2, -0.15) is 0 Å². The van der Waals surface area contributed by atoms with Gasteiger partial charge in [0, 0.05) is 35.9 Å². The van der Waals surface area contributed by atoms with Gasteiger partial charge in [-0.15, -0.1) is 11.3 Å². The topological polar surface area (TPSA) is 63.0 Å². The Morgan fingerprint density at radius 3 is 2.87 bits per heavy atom. The van der Waals surface area contributed by atoms with Crippen molar-refractivity contribution in [1.29, 1.82) is 0 Å². The van der Waals surface area contributed by atoms with Crippen molar-refractivity contribution in [3.05, 3.63) is 57.8 Å². The summed E-state index contributed by atoms with van der Waals surface area (Å²) >= 11 is 7.78. The lowest BCUT2D eigenvalue weighted by Crippen LogP contribution is -2.36. The van der Waals surface area contributed by atoms with Crippen LogP contribution in [0.2, 0.25) is 5.02 Å². The summed E-state index contributed by atoms with van der Waals surface area (Å²) in [6, 6.07) is 9.24. The molecule has 0 N–H and O–H groups in total. The molecular formula is C22H23ClN2O4S. The first-order chi connectivity index (χ1) is 14.5. The van der Waals surface area contributed by atoms with Crippen LogP contribution in [-0.2, 0) is 22.5 Å². The van der Waals surface area contributed by atoms with E-state index in [9.17, 15) is 9.59 Å². The van der Waals surface area contributed by atoms with Gasteiger partial charge in [0.15, 0.2) is 0 Å². The van der Waals surface area contributed by atoms with Gasteiger partial charge < -0.3 is 14.1 Å². The Bertz CT molecular complexity index is 1060. The number of carbonyl (C=O) groups is 2. The lowest BCUT2D eigenvalue weighted by Gasteiger charge is -2.21. The lowest BCUT2D eigenvalue weighted by atomic mass is 10.1. The second kappa shape index (κ2) is 9.20. The highest BCUT2D eigenvalue weighted by molar-refractivity contribution is 7.17. The van der Waals surface area contributed by atoms with Gasteiger partial charge in [0.2, 0.25) is 11.7 Å². The fourth-order valence-electron chi connectivity index (χ4n) is 3.74. The molecule has 1 fully saturated rings. The standard InChI is InChI=1S/C22H23ClN2O4S/c1-28-22(27)19-5-4-17(29-19)13-24-7-2-8-25(10-9-24)21(26)11-15-14-30-20-6-3-16(23)12-18(15)20/h3-6,12,14H,2,7-11,13H2,1H3. The van der Waals surface area contributed by atoms with Crippen molar-refractivity contribution in [3.8, 4) is 0 Å². The highest BCUT2D eigenvalue weighted by Gasteiger charge is 2.21. The monoisotopic (exact) mass is 446 g/mol. The summed E-state index contributed by atoms with van der Waals surface area (Å²) in [4.78, 5) is 28.7. The van der Waals surface area contributed by atoms with Crippen molar-refractivity contribution < 1.29 is 18.7 Å². The van der Waals surface area contributed by atoms with Gasteiger partial charge >= 0.3 is 5.97 Å². The van der Waals surface area contributed by atoms with Gasteiger partial charge in [0.05, 0.1) is 20.1 Å². The van der Waals surface area contributed by atoms with Crippen LogP contribution in [0.5, 0.6) is 0 Å². The van der Waals surface area contributed by atoms with Crippen LogP contribution in [0.3, 0.4) is 0 Å². The minimum Gasteiger partial charge on any atom is -0.463 e. The summed E-state index contributed by atoms with van der Waals surface area (Å²) in [5, 5.41) is 3.81. The van der Waals surface area contributed by atoms with Gasteiger partial charge in [0.25, 0.3) is 0 Å². The number of amides is 1. The first-order valence-electron chi connectivity index (χ1n) is 9.86. The maximum Gasteiger partial charge on any atom is 0.373 e. The van der Waals surface area contributed by atoms with E-state index in [1.54, 1.807) is 23.5 Å². The average molecular weight is 447 g/mol. The number of rotatable bonds is 5. The van der Waals surface area contributed by atoms with Gasteiger partial charge in [-0.3, -0.25) is 9.69 Å². The molecule has 1 aliphatic rings. The van der Waals surface area contributed by atoms with E-state index in [1.165, 1.54) is 7.11 Å². The SMILES string of the molecule is COC(=O)c1ccc(CN2CCCN(C(=O)Cc3csc4ccc(Cl)cc34)CC2)o1. The zero-order valence-electron chi connectivity index (χ0n) is 16.7. The van der Waals surface area contributed by atoms with E-state index in [4.69, 9.17) is 16.0 Å². The maximum absolute atomic E-state index is 12.9. The van der Waals surface area contributed by atoms with E-state index >= 15 is 0 Å². The van der Waals surface area contributed by atoms with E-state index in [0.717, 1.165) is 47.5 Å². The third kappa shape index (κ3) is 4.69. The van der Waals surface area contributed by atoms with Crippen LogP contribution < -0.4 is 0 Å². The smallest absolute Gasteiger partial charge is 0.373 e. The molecule has 30 heavy (non-hydrogen) atoms. The van der Waals surface area contributed by atoms with Crippen molar-refractivity contribution in [1.82, 2.24) is 9.80 Å². The minimum atomic E-state index is -0.476. The quantitative estimate of drug-likeness (QED) is 0.549. The number of methoxy groups -OCH3 is 1. The number of hydrogen-bond acceptors (Lipinski definition) is 6. The molecule has 0 saturated carbocycles. The van der Waals surface area contributed by atoms with Gasteiger partial charge in [-0.25, -0.2) is 4.79 Å². The maximum atomic E-state index is 12.9. The number of thiophene rings is 1. The van der Waals surface area contributed by atoms with E-state index in [2.05, 4.69) is 15.0 Å². The molecule has 6 nitrogen and oxygen atoms in total. The molecule has 8 heteroatoms. The normalized spacial score (nSPS) is 15.3. The first kappa shape index (κ1) is 20.9. The van der Waals surface area contributed by atoms with Crippen molar-refractivity contribution in [2.75, 3.05) is 33.3 Å². The molecule has 0 radical (unpaired) electrons. The Kier molecular flexibility index (Phi) is 6.41. The van der Waals surface area contributed by atoms with Crippen LogP contribution >= 0.6 is 22.9 Å². The van der Waals surface area contributed by atoms with Gasteiger partial charge in [0.1, 0.15) is 5.76 Å². The zero-order chi connectivity index (χ0) is 21.1. The summed E-state index contributed by atoms with van der Waals surface area (Å²) < 4.78 is 11.4. The van der Waals surface area contributed by atoms with Crippen molar-refractivity contribution >= 4 is 44.9 Å². The Morgan fingerprint density at radius 2 is 2.03 bits per heavy atom. The molecule has 1 aromatic carbocycles. The predicted octanol–water partition coefficient (Wildman–Crippen LogP) is 4.21. The largest absolute Gasteiger partial charge is 0.463 e. The van der Waals surface area contributed by atoms with Gasteiger partial charge in [-0.05, 0) is 53.1 Å². The van der Waals surface area contributed by atoms with E-state index in [0.29, 0.717) is 24.5 Å². The number of ether oxygens (including phenoxy) is 1. The first-order valence-corrected chi connectivity index (χ1v) is 11.1. The Labute approximate surface area is 184 Å². The summed E-state index contributed by atoms with van der Waals surface area (Å²) in [7, 11) is 1.33. The van der Waals surface area contributed by atoms with Crippen LogP contribution in [0, 0.1) is 0 Å². The van der Waals surface area contributed by atoms with Crippen LogP contribution in [-0.4, -0.2) is 55.0 Å². The van der Waals surface area contributed by atoms with E-state index in [-0.39, 0.29) is 11.7 Å². The van der Waals surface area contributed by atoms with Crippen molar-refractivity contribution in [2.24, 2.45) is 0 Å². The number of benzene rings is 1. The molecule has 1 amide bonds. The highest BCUT2D eigenvalue weighted by Crippen LogP contribution is 2.29. The van der Waals surface area contributed by atoms with Crippen LogP contribution in [0.25, 0.3) is 10.1 Å².